The number of hydrogen-bond acceptors (Lipinski definition) is 7. The van der Waals surface area contributed by atoms with Crippen LogP contribution >= 0.6 is 0 Å². The number of benzene rings is 1. The molecular weight excluding hydrogens is 330 g/mol. The fourth-order valence-corrected chi connectivity index (χ4v) is 2.55. The molecule has 26 heavy (non-hydrogen) atoms. The number of nitrogens with zero attached hydrogens (tertiary/aromatic N) is 4. The van der Waals surface area contributed by atoms with Crippen LogP contribution in [0.4, 0.5) is 23.3 Å². The molecule has 2 aromatic heterocycles. The summed E-state index contributed by atoms with van der Waals surface area (Å²) < 4.78 is 5.33. The number of nitriles is 1. The van der Waals surface area contributed by atoms with Crippen molar-refractivity contribution in [1.29, 1.82) is 5.26 Å². The Kier molecular flexibility index (Phi) is 4.11. The predicted octanol–water partition coefficient (Wildman–Crippen LogP) is 3.44. The first kappa shape index (κ1) is 15.9. The molecule has 2 heterocycles. The van der Waals surface area contributed by atoms with Gasteiger partial charge in [-0.05, 0) is 37.1 Å². The first-order valence-electron chi connectivity index (χ1n) is 8.25. The van der Waals surface area contributed by atoms with Gasteiger partial charge in [0.15, 0.2) is 17.4 Å². The summed E-state index contributed by atoms with van der Waals surface area (Å²) in [6, 6.07) is 11.1. The smallest absolute Gasteiger partial charge is 0.229 e. The molecule has 1 saturated carbocycles. The minimum atomic E-state index is 0.413. The van der Waals surface area contributed by atoms with Crippen molar-refractivity contribution in [3.63, 3.8) is 0 Å². The molecular formula is C18H17N7O. The van der Waals surface area contributed by atoms with E-state index in [1.807, 2.05) is 6.07 Å². The van der Waals surface area contributed by atoms with Crippen LogP contribution in [-0.2, 0) is 0 Å². The summed E-state index contributed by atoms with van der Waals surface area (Å²) >= 11 is 0. The van der Waals surface area contributed by atoms with Gasteiger partial charge in [-0.3, -0.25) is 5.10 Å². The molecule has 130 valence electrons. The Balaban J connectivity index is 1.54. The monoisotopic (exact) mass is 347 g/mol. The van der Waals surface area contributed by atoms with E-state index in [0.29, 0.717) is 34.8 Å². The molecule has 0 saturated heterocycles. The summed E-state index contributed by atoms with van der Waals surface area (Å²) in [6.07, 6.45) is 4.00. The maximum absolute atomic E-state index is 8.87. The van der Waals surface area contributed by atoms with Crippen LogP contribution in [-0.4, -0.2) is 27.3 Å². The van der Waals surface area contributed by atoms with E-state index in [0.717, 1.165) is 11.4 Å². The largest absolute Gasteiger partial charge is 0.491 e. The Hall–Kier alpha value is -3.60. The van der Waals surface area contributed by atoms with Crippen molar-refractivity contribution in [3.05, 3.63) is 47.8 Å². The molecule has 0 unspecified atom stereocenters. The van der Waals surface area contributed by atoms with Crippen molar-refractivity contribution in [2.45, 2.75) is 18.8 Å². The lowest BCUT2D eigenvalue weighted by molar-refractivity contribution is 0.413. The number of methoxy groups -OCH3 is 1. The minimum Gasteiger partial charge on any atom is -0.491 e. The Morgan fingerprint density at radius 2 is 2.04 bits per heavy atom. The zero-order chi connectivity index (χ0) is 17.9. The van der Waals surface area contributed by atoms with Crippen LogP contribution in [0.5, 0.6) is 5.75 Å². The van der Waals surface area contributed by atoms with Crippen LogP contribution in [0, 0.1) is 11.3 Å². The maximum Gasteiger partial charge on any atom is 0.229 e. The summed E-state index contributed by atoms with van der Waals surface area (Å²) in [7, 11) is 1.57. The summed E-state index contributed by atoms with van der Waals surface area (Å²) in [5, 5.41) is 22.5. The molecule has 3 aromatic rings. The van der Waals surface area contributed by atoms with E-state index in [4.69, 9.17) is 10.00 Å². The Bertz CT molecular complexity index is 954. The predicted molar refractivity (Wildman–Crippen MR) is 96.9 cm³/mol. The van der Waals surface area contributed by atoms with Crippen molar-refractivity contribution >= 4 is 23.3 Å². The van der Waals surface area contributed by atoms with Crippen molar-refractivity contribution in [3.8, 4) is 11.8 Å². The number of ether oxygens (including phenoxy) is 1. The molecule has 0 amide bonds. The summed E-state index contributed by atoms with van der Waals surface area (Å²) in [4.78, 5) is 8.72. The first-order valence-corrected chi connectivity index (χ1v) is 8.25. The minimum absolute atomic E-state index is 0.413. The zero-order valence-electron chi connectivity index (χ0n) is 14.2. The van der Waals surface area contributed by atoms with Gasteiger partial charge >= 0.3 is 0 Å². The quantitative estimate of drug-likeness (QED) is 0.626. The van der Waals surface area contributed by atoms with Crippen molar-refractivity contribution in [2.75, 3.05) is 17.7 Å². The van der Waals surface area contributed by atoms with Crippen LogP contribution in [0.3, 0.4) is 0 Å². The Morgan fingerprint density at radius 1 is 1.23 bits per heavy atom. The second-order valence-corrected chi connectivity index (χ2v) is 6.03. The fraction of sp³-hybridized carbons (Fsp3) is 0.222. The summed E-state index contributed by atoms with van der Waals surface area (Å²) in [5.74, 6) is 2.74. The normalized spacial score (nSPS) is 13.1. The van der Waals surface area contributed by atoms with Crippen molar-refractivity contribution in [2.24, 2.45) is 0 Å². The molecule has 1 aliphatic carbocycles. The van der Waals surface area contributed by atoms with E-state index in [9.17, 15) is 0 Å². The number of rotatable bonds is 6. The highest BCUT2D eigenvalue weighted by Crippen LogP contribution is 2.40. The average Bonchev–Trinajstić information content (AvgIpc) is 3.42. The molecule has 0 aliphatic heterocycles. The van der Waals surface area contributed by atoms with E-state index in [-0.39, 0.29) is 0 Å². The third-order valence-electron chi connectivity index (χ3n) is 4.11. The Morgan fingerprint density at radius 3 is 2.73 bits per heavy atom. The summed E-state index contributed by atoms with van der Waals surface area (Å²) in [6.45, 7) is 0. The van der Waals surface area contributed by atoms with E-state index in [1.54, 1.807) is 37.6 Å². The number of nitrogens with one attached hydrogen (secondary N) is 3. The van der Waals surface area contributed by atoms with E-state index in [2.05, 4.69) is 36.9 Å². The number of H-pyrrole nitrogens is 1. The number of aromatic amines is 1. The van der Waals surface area contributed by atoms with Gasteiger partial charge in [0.2, 0.25) is 5.95 Å². The first-order chi connectivity index (χ1) is 12.7. The van der Waals surface area contributed by atoms with Crippen LogP contribution in [0.2, 0.25) is 0 Å². The third kappa shape index (κ3) is 3.42. The van der Waals surface area contributed by atoms with Gasteiger partial charge in [0.1, 0.15) is 0 Å². The topological polar surface area (TPSA) is 112 Å². The fourth-order valence-electron chi connectivity index (χ4n) is 2.55. The van der Waals surface area contributed by atoms with Gasteiger partial charge in [0.05, 0.1) is 24.9 Å². The SMILES string of the molecule is COc1cnc(Nc2ccc(C#N)cc2)nc1Nc1cc(C2CC2)[nH]n1. The lowest BCUT2D eigenvalue weighted by atomic mass is 10.2. The molecule has 1 fully saturated rings. The Labute approximate surface area is 150 Å². The van der Waals surface area contributed by atoms with Crippen LogP contribution < -0.4 is 15.4 Å². The van der Waals surface area contributed by atoms with E-state index >= 15 is 0 Å². The highest BCUT2D eigenvalue weighted by molar-refractivity contribution is 5.63. The molecule has 0 atom stereocenters. The van der Waals surface area contributed by atoms with E-state index < -0.39 is 0 Å². The van der Waals surface area contributed by atoms with Crippen molar-refractivity contribution < 1.29 is 4.74 Å². The van der Waals surface area contributed by atoms with Crippen LogP contribution in [0.15, 0.2) is 36.5 Å². The molecule has 0 spiro atoms. The molecule has 4 rings (SSSR count). The van der Waals surface area contributed by atoms with Gasteiger partial charge in [0.25, 0.3) is 0 Å². The highest BCUT2D eigenvalue weighted by atomic mass is 16.5. The molecule has 0 radical (unpaired) electrons. The number of aromatic nitrogens is 4. The average molecular weight is 347 g/mol. The van der Waals surface area contributed by atoms with Gasteiger partial charge in [-0.15, -0.1) is 0 Å². The second-order valence-electron chi connectivity index (χ2n) is 6.03. The van der Waals surface area contributed by atoms with Gasteiger partial charge in [-0.1, -0.05) is 0 Å². The maximum atomic E-state index is 8.87. The second kappa shape index (κ2) is 6.72. The molecule has 0 bridgehead atoms. The molecule has 8 nitrogen and oxygen atoms in total. The molecule has 3 N–H and O–H groups in total. The van der Waals surface area contributed by atoms with Gasteiger partial charge in [-0.2, -0.15) is 15.3 Å². The van der Waals surface area contributed by atoms with Gasteiger partial charge < -0.3 is 15.4 Å². The van der Waals surface area contributed by atoms with Gasteiger partial charge in [0, 0.05) is 23.4 Å². The van der Waals surface area contributed by atoms with E-state index in [1.165, 1.54) is 12.8 Å². The molecule has 8 heteroatoms. The number of hydrogen-bond donors (Lipinski definition) is 3. The standard InChI is InChI=1S/C18H17N7O/c1-26-15-10-20-18(21-13-6-2-11(9-19)3-7-13)23-17(15)22-16-8-14(24-25-16)12-4-5-12/h2-3,6-8,10,12H,4-5H2,1H3,(H3,20,21,22,23,24,25). The third-order valence-corrected chi connectivity index (χ3v) is 4.11. The van der Waals surface area contributed by atoms with Crippen LogP contribution in [0.1, 0.15) is 30.0 Å². The zero-order valence-corrected chi connectivity index (χ0v) is 14.2. The lowest BCUT2D eigenvalue weighted by Crippen LogP contribution is -2.03. The summed E-state index contributed by atoms with van der Waals surface area (Å²) in [5.41, 5.74) is 2.52. The van der Waals surface area contributed by atoms with Gasteiger partial charge in [-0.25, -0.2) is 4.98 Å². The highest BCUT2D eigenvalue weighted by Gasteiger charge is 2.25. The van der Waals surface area contributed by atoms with Crippen molar-refractivity contribution in [1.82, 2.24) is 20.2 Å². The molecule has 1 aromatic carbocycles. The lowest BCUT2D eigenvalue weighted by Gasteiger charge is -2.10. The van der Waals surface area contributed by atoms with Crippen LogP contribution in [0.25, 0.3) is 0 Å². The number of anilines is 4. The molecule has 1 aliphatic rings.